The van der Waals surface area contributed by atoms with Crippen molar-refractivity contribution >= 4 is 16.7 Å². The average molecular weight is 360 g/mol. The van der Waals surface area contributed by atoms with Gasteiger partial charge in [-0.3, -0.25) is 4.90 Å². The van der Waals surface area contributed by atoms with Crippen LogP contribution in [0.15, 0.2) is 55.0 Å². The van der Waals surface area contributed by atoms with E-state index in [1.54, 1.807) is 6.20 Å². The predicted molar refractivity (Wildman–Crippen MR) is 103 cm³/mol. The van der Waals surface area contributed by atoms with Crippen molar-refractivity contribution in [2.45, 2.75) is 6.54 Å². The Labute approximate surface area is 156 Å². The van der Waals surface area contributed by atoms with Crippen molar-refractivity contribution in [3.8, 4) is 5.69 Å². The monoisotopic (exact) mass is 360 g/mol. The van der Waals surface area contributed by atoms with Crippen molar-refractivity contribution < 1.29 is 0 Å². The summed E-state index contributed by atoms with van der Waals surface area (Å²) in [6.45, 7) is 4.63. The van der Waals surface area contributed by atoms with E-state index in [1.807, 2.05) is 29.2 Å². The second kappa shape index (κ2) is 6.81. The molecule has 1 aliphatic heterocycles. The minimum absolute atomic E-state index is 0.806. The molecule has 1 fully saturated rings. The van der Waals surface area contributed by atoms with Gasteiger partial charge in [0.2, 0.25) is 0 Å². The highest BCUT2D eigenvalue weighted by Crippen LogP contribution is 2.18. The van der Waals surface area contributed by atoms with Gasteiger partial charge in [-0.05, 0) is 36.4 Å². The smallest absolute Gasteiger partial charge is 0.151 e. The number of rotatable bonds is 4. The summed E-state index contributed by atoms with van der Waals surface area (Å²) in [5, 5.41) is 18.0. The Kier molecular flexibility index (Phi) is 4.02. The third kappa shape index (κ3) is 3.26. The Morgan fingerprint density at radius 1 is 1.00 bits per heavy atom. The summed E-state index contributed by atoms with van der Waals surface area (Å²) in [7, 11) is 0. The van der Waals surface area contributed by atoms with Crippen molar-refractivity contribution in [2.24, 2.45) is 0 Å². The van der Waals surface area contributed by atoms with Gasteiger partial charge in [0.05, 0.1) is 17.6 Å². The standard InChI is InChI=1S/C19H20N8/c1-2-19(23-21-6-1)26-10-8-25(9-11-26)13-16-14-27(24-22-16)17-3-4-18-15(12-17)5-7-20-18/h1-7,12,14,20H,8-11,13H2. The van der Waals surface area contributed by atoms with E-state index in [0.717, 1.165) is 55.4 Å². The lowest BCUT2D eigenvalue weighted by Crippen LogP contribution is -2.46. The zero-order valence-corrected chi connectivity index (χ0v) is 14.9. The predicted octanol–water partition coefficient (Wildman–Crippen LogP) is 1.86. The highest BCUT2D eigenvalue weighted by Gasteiger charge is 2.19. The number of H-pyrrole nitrogens is 1. The molecule has 27 heavy (non-hydrogen) atoms. The molecule has 0 radical (unpaired) electrons. The van der Waals surface area contributed by atoms with Crippen LogP contribution < -0.4 is 4.90 Å². The molecule has 4 heterocycles. The van der Waals surface area contributed by atoms with Crippen molar-refractivity contribution in [3.63, 3.8) is 0 Å². The summed E-state index contributed by atoms with van der Waals surface area (Å²) < 4.78 is 1.84. The van der Waals surface area contributed by atoms with Gasteiger partial charge in [-0.2, -0.15) is 5.10 Å². The van der Waals surface area contributed by atoms with Crippen LogP contribution in [0.4, 0.5) is 5.82 Å². The highest BCUT2D eigenvalue weighted by molar-refractivity contribution is 5.81. The van der Waals surface area contributed by atoms with Crippen LogP contribution in [-0.2, 0) is 6.54 Å². The van der Waals surface area contributed by atoms with Gasteiger partial charge < -0.3 is 9.88 Å². The normalized spacial score (nSPS) is 15.5. The summed E-state index contributed by atoms with van der Waals surface area (Å²) in [6, 6.07) is 12.2. The molecule has 3 aromatic heterocycles. The molecule has 1 aliphatic rings. The van der Waals surface area contributed by atoms with Gasteiger partial charge in [-0.1, -0.05) is 5.21 Å². The molecule has 0 bridgehead atoms. The Morgan fingerprint density at radius 2 is 1.93 bits per heavy atom. The van der Waals surface area contributed by atoms with Crippen molar-refractivity contribution in [1.29, 1.82) is 0 Å². The van der Waals surface area contributed by atoms with Gasteiger partial charge in [0, 0.05) is 56.0 Å². The summed E-state index contributed by atoms with van der Waals surface area (Å²) in [6.07, 6.45) is 5.67. The molecule has 1 N–H and O–H groups in total. The molecular formula is C19H20N8. The Morgan fingerprint density at radius 3 is 2.78 bits per heavy atom. The van der Waals surface area contributed by atoms with Crippen LogP contribution in [0.5, 0.6) is 0 Å². The van der Waals surface area contributed by atoms with Gasteiger partial charge in [-0.15, -0.1) is 10.2 Å². The fraction of sp³-hybridized carbons (Fsp3) is 0.263. The zero-order valence-electron chi connectivity index (χ0n) is 14.9. The van der Waals surface area contributed by atoms with E-state index in [2.05, 4.69) is 59.6 Å². The summed E-state index contributed by atoms with van der Waals surface area (Å²) in [5.74, 6) is 0.947. The van der Waals surface area contributed by atoms with E-state index < -0.39 is 0 Å². The minimum Gasteiger partial charge on any atom is -0.361 e. The molecular weight excluding hydrogens is 340 g/mol. The molecule has 136 valence electrons. The second-order valence-corrected chi connectivity index (χ2v) is 6.75. The maximum absolute atomic E-state index is 4.36. The average Bonchev–Trinajstić information content (AvgIpc) is 3.38. The van der Waals surface area contributed by atoms with E-state index in [0.29, 0.717) is 0 Å². The Bertz CT molecular complexity index is 1030. The molecule has 4 aromatic rings. The molecule has 0 amide bonds. The molecule has 8 nitrogen and oxygen atoms in total. The number of aromatic nitrogens is 6. The first-order chi connectivity index (χ1) is 13.3. The van der Waals surface area contributed by atoms with Crippen LogP contribution in [0.3, 0.4) is 0 Å². The van der Waals surface area contributed by atoms with Gasteiger partial charge in [0.1, 0.15) is 0 Å². The van der Waals surface area contributed by atoms with Crippen molar-refractivity contribution in [3.05, 3.63) is 60.7 Å². The number of aromatic amines is 1. The topological polar surface area (TPSA) is 78.8 Å². The maximum Gasteiger partial charge on any atom is 0.151 e. The number of nitrogens with one attached hydrogen (secondary N) is 1. The fourth-order valence-corrected chi connectivity index (χ4v) is 3.51. The molecule has 1 saturated heterocycles. The lowest BCUT2D eigenvalue weighted by Gasteiger charge is -2.34. The maximum atomic E-state index is 4.36. The number of hydrogen-bond donors (Lipinski definition) is 1. The molecule has 0 saturated carbocycles. The van der Waals surface area contributed by atoms with E-state index in [9.17, 15) is 0 Å². The molecule has 0 unspecified atom stereocenters. The lowest BCUT2D eigenvalue weighted by molar-refractivity contribution is 0.246. The molecule has 0 aliphatic carbocycles. The number of nitrogens with zero attached hydrogens (tertiary/aromatic N) is 7. The molecule has 0 spiro atoms. The zero-order chi connectivity index (χ0) is 18.1. The highest BCUT2D eigenvalue weighted by atomic mass is 15.4. The van der Waals surface area contributed by atoms with Crippen LogP contribution in [0.1, 0.15) is 5.69 Å². The van der Waals surface area contributed by atoms with Crippen LogP contribution >= 0.6 is 0 Å². The Hall–Kier alpha value is -3.26. The van der Waals surface area contributed by atoms with Gasteiger partial charge in [0.25, 0.3) is 0 Å². The van der Waals surface area contributed by atoms with Gasteiger partial charge in [0.15, 0.2) is 5.82 Å². The van der Waals surface area contributed by atoms with Crippen molar-refractivity contribution in [1.82, 2.24) is 35.1 Å². The van der Waals surface area contributed by atoms with Crippen molar-refractivity contribution in [2.75, 3.05) is 31.1 Å². The van der Waals surface area contributed by atoms with E-state index >= 15 is 0 Å². The van der Waals surface area contributed by atoms with Gasteiger partial charge >= 0.3 is 0 Å². The number of anilines is 1. The van der Waals surface area contributed by atoms with Gasteiger partial charge in [-0.25, -0.2) is 4.68 Å². The first-order valence-electron chi connectivity index (χ1n) is 9.09. The number of piperazine rings is 1. The van der Waals surface area contributed by atoms with E-state index in [-0.39, 0.29) is 0 Å². The SMILES string of the molecule is c1cnnc(N2CCN(Cc3cn(-c4ccc5[nH]ccc5c4)nn3)CC2)c1. The van der Waals surface area contributed by atoms with E-state index in [1.165, 1.54) is 5.39 Å². The van der Waals surface area contributed by atoms with Crippen LogP contribution in [0.2, 0.25) is 0 Å². The molecule has 1 aromatic carbocycles. The molecule has 5 rings (SSSR count). The lowest BCUT2D eigenvalue weighted by atomic mass is 10.2. The number of fused-ring (bicyclic) bond motifs is 1. The van der Waals surface area contributed by atoms with Crippen LogP contribution in [0, 0.1) is 0 Å². The molecule has 0 atom stereocenters. The summed E-state index contributed by atoms with van der Waals surface area (Å²) in [4.78, 5) is 7.88. The fourth-order valence-electron chi connectivity index (χ4n) is 3.51. The largest absolute Gasteiger partial charge is 0.361 e. The third-order valence-corrected chi connectivity index (χ3v) is 4.98. The Balaban J connectivity index is 1.23. The molecule has 8 heteroatoms. The second-order valence-electron chi connectivity index (χ2n) is 6.75. The summed E-state index contributed by atoms with van der Waals surface area (Å²) >= 11 is 0. The van der Waals surface area contributed by atoms with E-state index in [4.69, 9.17) is 0 Å². The first-order valence-corrected chi connectivity index (χ1v) is 9.09. The number of hydrogen-bond acceptors (Lipinski definition) is 6. The third-order valence-electron chi connectivity index (χ3n) is 4.98. The van der Waals surface area contributed by atoms with Crippen LogP contribution in [0.25, 0.3) is 16.6 Å². The number of benzene rings is 1. The quantitative estimate of drug-likeness (QED) is 0.598. The minimum atomic E-state index is 0.806. The first kappa shape index (κ1) is 16.0. The van der Waals surface area contributed by atoms with Crippen LogP contribution in [-0.4, -0.2) is 61.3 Å². The summed E-state index contributed by atoms with van der Waals surface area (Å²) in [5.41, 5.74) is 3.13.